The summed E-state index contributed by atoms with van der Waals surface area (Å²) >= 11 is 1.24. The maximum atomic E-state index is 13.0. The van der Waals surface area contributed by atoms with Gasteiger partial charge in [0.2, 0.25) is 5.13 Å². The van der Waals surface area contributed by atoms with Crippen molar-refractivity contribution in [2.45, 2.75) is 13.1 Å². The minimum Gasteiger partial charge on any atom is -0.496 e. The molecule has 3 N–H and O–H groups in total. The van der Waals surface area contributed by atoms with Gasteiger partial charge in [0.05, 0.1) is 18.9 Å². The van der Waals surface area contributed by atoms with Crippen LogP contribution in [0.4, 0.5) is 24.1 Å². The molecule has 0 saturated heterocycles. The lowest BCUT2D eigenvalue weighted by Crippen LogP contribution is -2.09. The molecule has 0 unspecified atom stereocenters. The zero-order chi connectivity index (χ0) is 16.3. The third-order valence-corrected chi connectivity index (χ3v) is 3.47. The molecule has 2 rings (SSSR count). The van der Waals surface area contributed by atoms with Crippen LogP contribution in [-0.4, -0.2) is 18.3 Å². The minimum atomic E-state index is -4.50. The molecule has 1 heterocycles. The molecule has 2 aromatic rings. The largest absolute Gasteiger partial charge is 0.496 e. The average Bonchev–Trinajstić information content (AvgIpc) is 2.83. The van der Waals surface area contributed by atoms with Crippen LogP contribution >= 0.6 is 11.3 Å². The SMILES string of the molecule is COc1c(C)cc(C=NNc2nc(N)cs2)cc1C(F)(F)F. The van der Waals surface area contributed by atoms with Gasteiger partial charge in [-0.25, -0.2) is 4.98 Å². The summed E-state index contributed by atoms with van der Waals surface area (Å²) < 4.78 is 43.9. The van der Waals surface area contributed by atoms with Crippen molar-refractivity contribution in [3.8, 4) is 5.75 Å². The number of hydrazone groups is 1. The smallest absolute Gasteiger partial charge is 0.419 e. The number of rotatable bonds is 4. The molecule has 0 amide bonds. The summed E-state index contributed by atoms with van der Waals surface area (Å²) in [5, 5.41) is 5.93. The molecule has 1 aromatic heterocycles. The number of aryl methyl sites for hydroxylation is 1. The topological polar surface area (TPSA) is 72.5 Å². The highest BCUT2D eigenvalue weighted by Crippen LogP contribution is 2.38. The number of halogens is 3. The number of nitrogens with two attached hydrogens (primary N) is 1. The van der Waals surface area contributed by atoms with Gasteiger partial charge in [-0.2, -0.15) is 18.3 Å². The van der Waals surface area contributed by atoms with Crippen LogP contribution in [0.2, 0.25) is 0 Å². The summed E-state index contributed by atoms with van der Waals surface area (Å²) in [6, 6.07) is 2.53. The second-order valence-corrected chi connectivity index (χ2v) is 5.22. The Morgan fingerprint density at radius 3 is 2.68 bits per heavy atom. The summed E-state index contributed by atoms with van der Waals surface area (Å²) in [6.45, 7) is 1.54. The Hall–Kier alpha value is -2.29. The number of thiazole rings is 1. The number of hydrogen-bond donors (Lipinski definition) is 2. The van der Waals surface area contributed by atoms with Crippen LogP contribution in [0.3, 0.4) is 0 Å². The van der Waals surface area contributed by atoms with Crippen molar-refractivity contribution in [3.05, 3.63) is 34.2 Å². The van der Waals surface area contributed by atoms with Crippen molar-refractivity contribution in [1.29, 1.82) is 0 Å². The number of alkyl halides is 3. The molecular weight excluding hydrogens is 317 g/mol. The predicted molar refractivity (Wildman–Crippen MR) is 80.5 cm³/mol. The first-order chi connectivity index (χ1) is 10.3. The fraction of sp³-hybridized carbons (Fsp3) is 0.231. The zero-order valence-electron chi connectivity index (χ0n) is 11.7. The molecule has 0 aliphatic carbocycles. The van der Waals surface area contributed by atoms with Crippen molar-refractivity contribution in [2.75, 3.05) is 18.3 Å². The molecular formula is C13H13F3N4OS. The number of aromatic nitrogens is 1. The van der Waals surface area contributed by atoms with Gasteiger partial charge in [0.15, 0.2) is 0 Å². The maximum absolute atomic E-state index is 13.0. The highest BCUT2D eigenvalue weighted by atomic mass is 32.1. The summed E-state index contributed by atoms with van der Waals surface area (Å²) in [4.78, 5) is 3.92. The van der Waals surface area contributed by atoms with Crippen LogP contribution in [0, 0.1) is 6.92 Å². The number of ether oxygens (including phenoxy) is 1. The molecule has 0 aliphatic rings. The number of anilines is 2. The highest BCUT2D eigenvalue weighted by molar-refractivity contribution is 7.14. The zero-order valence-corrected chi connectivity index (χ0v) is 12.5. The van der Waals surface area contributed by atoms with Gasteiger partial charge in [-0.3, -0.25) is 5.43 Å². The standard InChI is InChI=1S/C13H13F3N4OS/c1-7-3-8(4-9(11(7)21-2)13(14,15)16)5-18-20-12-19-10(17)6-22-12/h3-6H,17H2,1-2H3,(H,19,20). The third-order valence-electron chi connectivity index (χ3n) is 2.70. The Balaban J connectivity index is 2.26. The molecule has 9 heteroatoms. The predicted octanol–water partition coefficient (Wildman–Crippen LogP) is 3.51. The number of nitrogen functional groups attached to an aromatic ring is 1. The van der Waals surface area contributed by atoms with E-state index >= 15 is 0 Å². The summed E-state index contributed by atoms with van der Waals surface area (Å²) in [6.07, 6.45) is -3.23. The maximum Gasteiger partial charge on any atom is 0.419 e. The molecule has 0 saturated carbocycles. The van der Waals surface area contributed by atoms with Gasteiger partial charge >= 0.3 is 6.18 Å². The lowest BCUT2D eigenvalue weighted by atomic mass is 10.0. The fourth-order valence-corrected chi connectivity index (χ4v) is 2.41. The highest BCUT2D eigenvalue weighted by Gasteiger charge is 2.35. The number of hydrogen-bond acceptors (Lipinski definition) is 6. The van der Waals surface area contributed by atoms with E-state index in [1.807, 2.05) is 0 Å². The first-order valence-corrected chi connectivity index (χ1v) is 6.95. The molecule has 0 fully saturated rings. The van der Waals surface area contributed by atoms with E-state index in [9.17, 15) is 13.2 Å². The van der Waals surface area contributed by atoms with Crippen molar-refractivity contribution < 1.29 is 17.9 Å². The lowest BCUT2D eigenvalue weighted by molar-refractivity contribution is -0.138. The molecule has 0 radical (unpaired) electrons. The van der Waals surface area contributed by atoms with Crippen LogP contribution < -0.4 is 15.9 Å². The van der Waals surface area contributed by atoms with Crippen molar-refractivity contribution >= 4 is 28.5 Å². The van der Waals surface area contributed by atoms with E-state index < -0.39 is 11.7 Å². The van der Waals surface area contributed by atoms with Gasteiger partial charge in [0.1, 0.15) is 11.6 Å². The van der Waals surface area contributed by atoms with Crippen LogP contribution in [0.5, 0.6) is 5.75 Å². The van der Waals surface area contributed by atoms with E-state index in [1.54, 1.807) is 18.4 Å². The van der Waals surface area contributed by atoms with Crippen LogP contribution in [0.25, 0.3) is 0 Å². The normalized spacial score (nSPS) is 11.9. The molecule has 5 nitrogen and oxygen atoms in total. The quantitative estimate of drug-likeness (QED) is 0.665. The molecule has 0 bridgehead atoms. The number of nitrogens with zero attached hydrogens (tertiary/aromatic N) is 2. The molecule has 0 aliphatic heterocycles. The first kappa shape index (κ1) is 16.1. The Kier molecular flexibility index (Phi) is 4.55. The molecule has 0 atom stereocenters. The molecule has 0 spiro atoms. The summed E-state index contributed by atoms with van der Waals surface area (Å²) in [5.41, 5.74) is 7.88. The lowest BCUT2D eigenvalue weighted by Gasteiger charge is -2.15. The number of methoxy groups -OCH3 is 1. The van der Waals surface area contributed by atoms with E-state index in [4.69, 9.17) is 10.5 Å². The van der Waals surface area contributed by atoms with Crippen LogP contribution in [0.15, 0.2) is 22.6 Å². The Morgan fingerprint density at radius 1 is 1.41 bits per heavy atom. The second-order valence-electron chi connectivity index (χ2n) is 4.36. The Morgan fingerprint density at radius 2 is 2.14 bits per heavy atom. The van der Waals surface area contributed by atoms with E-state index in [1.165, 1.54) is 24.7 Å². The second kappa shape index (κ2) is 6.22. The minimum absolute atomic E-state index is 0.190. The number of nitrogens with one attached hydrogen (secondary N) is 1. The van der Waals surface area contributed by atoms with Crippen molar-refractivity contribution in [2.24, 2.45) is 5.10 Å². The van der Waals surface area contributed by atoms with Crippen LogP contribution in [0.1, 0.15) is 16.7 Å². The summed E-state index contributed by atoms with van der Waals surface area (Å²) in [5.74, 6) is 0.160. The molecule has 22 heavy (non-hydrogen) atoms. The Bertz CT molecular complexity index is 697. The first-order valence-electron chi connectivity index (χ1n) is 6.07. The van der Waals surface area contributed by atoms with Crippen LogP contribution in [-0.2, 0) is 6.18 Å². The molecule has 118 valence electrons. The van der Waals surface area contributed by atoms with Gasteiger partial charge in [0.25, 0.3) is 0 Å². The van der Waals surface area contributed by atoms with E-state index in [2.05, 4.69) is 15.5 Å². The fourth-order valence-electron chi connectivity index (χ4n) is 1.86. The van der Waals surface area contributed by atoms with Crippen molar-refractivity contribution in [3.63, 3.8) is 0 Å². The van der Waals surface area contributed by atoms with E-state index in [-0.39, 0.29) is 5.75 Å². The monoisotopic (exact) mass is 330 g/mol. The van der Waals surface area contributed by atoms with Crippen molar-refractivity contribution in [1.82, 2.24) is 4.98 Å². The third kappa shape index (κ3) is 3.67. The number of benzene rings is 1. The Labute approximate surface area is 128 Å². The van der Waals surface area contributed by atoms with Gasteiger partial charge in [0, 0.05) is 5.38 Å². The average molecular weight is 330 g/mol. The summed E-state index contributed by atoms with van der Waals surface area (Å²) in [7, 11) is 1.21. The van der Waals surface area contributed by atoms with Gasteiger partial charge in [-0.15, -0.1) is 11.3 Å². The van der Waals surface area contributed by atoms with Gasteiger partial charge in [-0.1, -0.05) is 0 Å². The van der Waals surface area contributed by atoms with Gasteiger partial charge < -0.3 is 10.5 Å². The molecule has 1 aromatic carbocycles. The van der Waals surface area contributed by atoms with E-state index in [0.717, 1.165) is 6.07 Å². The van der Waals surface area contributed by atoms with E-state index in [0.29, 0.717) is 22.1 Å². The van der Waals surface area contributed by atoms with Gasteiger partial charge in [-0.05, 0) is 30.2 Å².